The smallest absolute Gasteiger partial charge is 0.232 e. The minimum absolute atomic E-state index is 0.0698. The van der Waals surface area contributed by atoms with E-state index in [-0.39, 0.29) is 29.2 Å². The molecule has 0 aromatic heterocycles. The lowest BCUT2D eigenvalue weighted by atomic mass is 10.2. The fraction of sp³-hybridized carbons (Fsp3) is 0.462. The van der Waals surface area contributed by atoms with Gasteiger partial charge in [0, 0.05) is 28.1 Å². The van der Waals surface area contributed by atoms with Crippen molar-refractivity contribution in [3.8, 4) is 0 Å². The maximum atomic E-state index is 12.2. The molecule has 1 aliphatic rings. The van der Waals surface area contributed by atoms with Crippen LogP contribution in [-0.4, -0.2) is 49.6 Å². The SMILES string of the molecule is CN(C(=O)CSc1ccc(Br)cc1N)C1CCS(=O)(=O)C1. The van der Waals surface area contributed by atoms with Crippen molar-refractivity contribution >= 4 is 49.1 Å². The molecule has 1 aliphatic heterocycles. The van der Waals surface area contributed by atoms with Crippen molar-refractivity contribution in [2.45, 2.75) is 17.4 Å². The molecule has 1 aromatic carbocycles. The maximum Gasteiger partial charge on any atom is 0.232 e. The third kappa shape index (κ3) is 4.37. The standard InChI is InChI=1S/C13H17BrN2O3S2/c1-16(10-4-5-21(18,19)8-10)13(17)7-20-12-3-2-9(14)6-11(12)15/h2-3,6,10H,4-5,7-8,15H2,1H3. The van der Waals surface area contributed by atoms with Gasteiger partial charge in [0.25, 0.3) is 0 Å². The van der Waals surface area contributed by atoms with Crippen LogP contribution in [0.15, 0.2) is 27.6 Å². The molecule has 21 heavy (non-hydrogen) atoms. The quantitative estimate of drug-likeness (QED) is 0.623. The summed E-state index contributed by atoms with van der Waals surface area (Å²) in [5.74, 6) is 0.408. The highest BCUT2D eigenvalue weighted by Gasteiger charge is 2.32. The van der Waals surface area contributed by atoms with Gasteiger partial charge in [0.15, 0.2) is 9.84 Å². The molecular formula is C13H17BrN2O3S2. The second kappa shape index (κ2) is 6.58. The molecule has 1 unspecified atom stereocenters. The third-order valence-corrected chi connectivity index (χ3v) is 6.79. The van der Waals surface area contributed by atoms with Crippen molar-refractivity contribution in [3.05, 3.63) is 22.7 Å². The highest BCUT2D eigenvalue weighted by molar-refractivity contribution is 9.10. The molecule has 0 bridgehead atoms. The zero-order chi connectivity index (χ0) is 15.6. The van der Waals surface area contributed by atoms with E-state index in [4.69, 9.17) is 5.73 Å². The highest BCUT2D eigenvalue weighted by Crippen LogP contribution is 2.28. The largest absolute Gasteiger partial charge is 0.398 e. The Morgan fingerprint density at radius 1 is 1.52 bits per heavy atom. The van der Waals surface area contributed by atoms with Gasteiger partial charge in [0.05, 0.1) is 17.3 Å². The number of amides is 1. The van der Waals surface area contributed by atoms with E-state index in [0.29, 0.717) is 12.1 Å². The van der Waals surface area contributed by atoms with E-state index in [1.165, 1.54) is 11.8 Å². The molecule has 1 heterocycles. The van der Waals surface area contributed by atoms with Crippen molar-refractivity contribution in [2.75, 3.05) is 30.0 Å². The number of hydrogen-bond acceptors (Lipinski definition) is 5. The Bertz CT molecular complexity index is 649. The highest BCUT2D eigenvalue weighted by atomic mass is 79.9. The van der Waals surface area contributed by atoms with Gasteiger partial charge in [0.1, 0.15) is 0 Å². The lowest BCUT2D eigenvalue weighted by molar-refractivity contribution is -0.128. The van der Waals surface area contributed by atoms with Crippen molar-refractivity contribution in [1.29, 1.82) is 0 Å². The first-order valence-electron chi connectivity index (χ1n) is 6.42. The minimum atomic E-state index is -2.98. The Hall–Kier alpha value is -0.730. The van der Waals surface area contributed by atoms with Gasteiger partial charge >= 0.3 is 0 Å². The molecule has 0 saturated carbocycles. The first-order valence-corrected chi connectivity index (χ1v) is 10.0. The number of benzene rings is 1. The Morgan fingerprint density at radius 2 is 2.24 bits per heavy atom. The fourth-order valence-electron chi connectivity index (χ4n) is 2.18. The predicted octanol–water partition coefficient (Wildman–Crippen LogP) is 1.77. The van der Waals surface area contributed by atoms with Crippen LogP contribution in [0, 0.1) is 0 Å². The first kappa shape index (κ1) is 16.6. The van der Waals surface area contributed by atoms with Crippen molar-refractivity contribution in [3.63, 3.8) is 0 Å². The molecule has 2 N–H and O–H groups in total. The van der Waals surface area contributed by atoms with E-state index in [1.54, 1.807) is 18.0 Å². The van der Waals surface area contributed by atoms with E-state index in [9.17, 15) is 13.2 Å². The van der Waals surface area contributed by atoms with Crippen LogP contribution in [-0.2, 0) is 14.6 Å². The molecule has 116 valence electrons. The van der Waals surface area contributed by atoms with E-state index in [2.05, 4.69) is 15.9 Å². The summed E-state index contributed by atoms with van der Waals surface area (Å²) in [6.45, 7) is 0. The number of carbonyl (C=O) groups excluding carboxylic acids is 1. The Morgan fingerprint density at radius 3 is 2.81 bits per heavy atom. The molecule has 2 rings (SSSR count). The summed E-state index contributed by atoms with van der Waals surface area (Å²) in [7, 11) is -1.31. The number of nitrogen functional groups attached to an aromatic ring is 1. The molecule has 0 spiro atoms. The number of thioether (sulfide) groups is 1. The predicted molar refractivity (Wildman–Crippen MR) is 89.1 cm³/mol. The van der Waals surface area contributed by atoms with Crippen LogP contribution in [0.2, 0.25) is 0 Å². The molecule has 1 fully saturated rings. The summed E-state index contributed by atoms with van der Waals surface area (Å²) in [5, 5.41) is 0. The van der Waals surface area contributed by atoms with E-state index in [0.717, 1.165) is 9.37 Å². The Labute approximate surface area is 137 Å². The molecule has 1 saturated heterocycles. The second-order valence-corrected chi connectivity index (χ2v) is 9.19. The van der Waals surface area contributed by atoms with Gasteiger partial charge < -0.3 is 10.6 Å². The summed E-state index contributed by atoms with van der Waals surface area (Å²) in [6.07, 6.45) is 0.523. The van der Waals surface area contributed by atoms with Crippen molar-refractivity contribution < 1.29 is 13.2 Å². The van der Waals surface area contributed by atoms with Crippen LogP contribution in [0.25, 0.3) is 0 Å². The number of halogens is 1. The Balaban J connectivity index is 1.92. The Kier molecular flexibility index (Phi) is 5.21. The molecule has 1 aromatic rings. The number of nitrogens with two attached hydrogens (primary N) is 1. The summed E-state index contributed by atoms with van der Waals surface area (Å²) < 4.78 is 23.8. The van der Waals surface area contributed by atoms with Gasteiger partial charge in [-0.2, -0.15) is 0 Å². The van der Waals surface area contributed by atoms with E-state index < -0.39 is 9.84 Å². The second-order valence-electron chi connectivity index (χ2n) is 5.03. The van der Waals surface area contributed by atoms with Crippen LogP contribution in [0.4, 0.5) is 5.69 Å². The van der Waals surface area contributed by atoms with Crippen LogP contribution in [0.5, 0.6) is 0 Å². The molecule has 5 nitrogen and oxygen atoms in total. The van der Waals surface area contributed by atoms with Crippen LogP contribution < -0.4 is 5.73 Å². The summed E-state index contributed by atoms with van der Waals surface area (Å²) in [5.41, 5.74) is 6.51. The number of sulfone groups is 1. The normalized spacial score (nSPS) is 20.4. The van der Waals surface area contributed by atoms with Crippen LogP contribution >= 0.6 is 27.7 Å². The number of nitrogens with zero attached hydrogens (tertiary/aromatic N) is 1. The van der Waals surface area contributed by atoms with Gasteiger partial charge in [-0.3, -0.25) is 4.79 Å². The fourth-order valence-corrected chi connectivity index (χ4v) is 5.20. The molecule has 1 amide bonds. The van der Waals surface area contributed by atoms with Gasteiger partial charge in [-0.15, -0.1) is 11.8 Å². The molecular weight excluding hydrogens is 376 g/mol. The zero-order valence-corrected chi connectivity index (χ0v) is 14.8. The average molecular weight is 393 g/mol. The van der Waals surface area contributed by atoms with Gasteiger partial charge in [-0.25, -0.2) is 8.42 Å². The van der Waals surface area contributed by atoms with Gasteiger partial charge in [-0.05, 0) is 24.6 Å². The van der Waals surface area contributed by atoms with Gasteiger partial charge in [-0.1, -0.05) is 15.9 Å². The first-order chi connectivity index (χ1) is 9.78. The molecule has 1 atom stereocenters. The number of carbonyl (C=O) groups is 1. The lowest BCUT2D eigenvalue weighted by Gasteiger charge is -2.23. The monoisotopic (exact) mass is 392 g/mol. The number of rotatable bonds is 4. The maximum absolute atomic E-state index is 12.2. The van der Waals surface area contributed by atoms with Crippen molar-refractivity contribution in [2.24, 2.45) is 0 Å². The number of hydrogen-bond donors (Lipinski definition) is 1. The average Bonchev–Trinajstić information content (AvgIpc) is 2.77. The third-order valence-electron chi connectivity index (χ3n) is 3.47. The van der Waals surface area contributed by atoms with Crippen LogP contribution in [0.1, 0.15) is 6.42 Å². The molecule has 8 heteroatoms. The minimum Gasteiger partial charge on any atom is -0.398 e. The topological polar surface area (TPSA) is 80.5 Å². The van der Waals surface area contributed by atoms with Crippen molar-refractivity contribution in [1.82, 2.24) is 4.90 Å². The van der Waals surface area contributed by atoms with Gasteiger partial charge in [0.2, 0.25) is 5.91 Å². The van der Waals surface area contributed by atoms with E-state index in [1.807, 2.05) is 12.1 Å². The molecule has 0 aliphatic carbocycles. The molecule has 0 radical (unpaired) electrons. The summed E-state index contributed by atoms with van der Waals surface area (Å²) >= 11 is 4.70. The summed E-state index contributed by atoms with van der Waals surface area (Å²) in [6, 6.07) is 5.32. The summed E-state index contributed by atoms with van der Waals surface area (Å²) in [4.78, 5) is 14.5. The van der Waals surface area contributed by atoms with Crippen LogP contribution in [0.3, 0.4) is 0 Å². The lowest BCUT2D eigenvalue weighted by Crippen LogP contribution is -2.38. The zero-order valence-electron chi connectivity index (χ0n) is 11.6. The van der Waals surface area contributed by atoms with E-state index >= 15 is 0 Å². The number of anilines is 1.